The molecule has 0 spiro atoms. The molecule has 7 heteroatoms. The highest BCUT2D eigenvalue weighted by Gasteiger charge is 2.26. The van der Waals surface area contributed by atoms with Crippen LogP contribution in [0.3, 0.4) is 0 Å². The Labute approximate surface area is 276 Å². The summed E-state index contributed by atoms with van der Waals surface area (Å²) < 4.78 is 10.8. The monoisotopic (exact) mass is 620 g/mol. The number of aromatic nitrogens is 4. The molecule has 7 aromatic rings. The summed E-state index contributed by atoms with van der Waals surface area (Å²) in [4.78, 5) is 8.97. The van der Waals surface area contributed by atoms with E-state index in [0.29, 0.717) is 0 Å². The molecule has 0 fully saturated rings. The van der Waals surface area contributed by atoms with E-state index in [0.717, 1.165) is 62.2 Å². The first-order valence-electron chi connectivity index (χ1n) is 15.9. The molecule has 3 aromatic heterocycles. The minimum atomic E-state index is 0.731. The topological polar surface area (TPSA) is 51.4 Å². The van der Waals surface area contributed by atoms with E-state index in [-0.39, 0.29) is 0 Å². The summed E-state index contributed by atoms with van der Waals surface area (Å²) >= 11 is 0. The third-order valence-electron chi connectivity index (χ3n) is 8.69. The van der Waals surface area contributed by atoms with Crippen molar-refractivity contribution in [2.75, 3.05) is 38.0 Å². The minimum Gasteiger partial charge on any atom is -0.457 e. The molecule has 0 atom stereocenters. The van der Waals surface area contributed by atoms with Gasteiger partial charge in [-0.25, -0.2) is 9.67 Å². The van der Waals surface area contributed by atoms with E-state index in [9.17, 15) is 0 Å². The second-order valence-electron chi connectivity index (χ2n) is 12.8. The Morgan fingerprint density at radius 2 is 1.34 bits per heavy atom. The highest BCUT2D eigenvalue weighted by Crippen LogP contribution is 2.43. The van der Waals surface area contributed by atoms with E-state index in [4.69, 9.17) is 14.8 Å². The first kappa shape index (κ1) is 30.1. The molecular weight excluding hydrogens is 580 g/mol. The number of benzene rings is 4. The van der Waals surface area contributed by atoms with E-state index in [2.05, 4.69) is 137 Å². The Morgan fingerprint density at radius 3 is 2.06 bits per heavy atom. The van der Waals surface area contributed by atoms with Gasteiger partial charge in [-0.1, -0.05) is 42.0 Å². The van der Waals surface area contributed by atoms with Crippen LogP contribution in [0, 0.1) is 27.7 Å². The summed E-state index contributed by atoms with van der Waals surface area (Å²) in [6, 6.07) is 31.5. The van der Waals surface area contributed by atoms with Crippen LogP contribution in [0.5, 0.6) is 11.5 Å². The van der Waals surface area contributed by atoms with Crippen molar-refractivity contribution >= 4 is 33.4 Å². The first-order valence-corrected chi connectivity index (χ1v) is 15.9. The van der Waals surface area contributed by atoms with Crippen LogP contribution in [0.25, 0.3) is 44.4 Å². The van der Waals surface area contributed by atoms with Gasteiger partial charge in [-0.3, -0.25) is 4.57 Å². The van der Waals surface area contributed by atoms with Crippen molar-refractivity contribution in [2.24, 2.45) is 0 Å². The Kier molecular flexibility index (Phi) is 7.47. The van der Waals surface area contributed by atoms with Crippen molar-refractivity contribution in [1.29, 1.82) is 0 Å². The number of fused-ring (bicyclic) bond motifs is 3. The fourth-order valence-corrected chi connectivity index (χ4v) is 6.82. The van der Waals surface area contributed by atoms with Gasteiger partial charge in [-0.15, -0.1) is 5.10 Å². The maximum absolute atomic E-state index is 6.58. The van der Waals surface area contributed by atoms with E-state index in [1.165, 1.54) is 27.6 Å². The second kappa shape index (κ2) is 11.7. The van der Waals surface area contributed by atoms with Crippen LogP contribution in [-0.4, -0.2) is 47.5 Å². The van der Waals surface area contributed by atoms with Gasteiger partial charge in [-0.2, -0.15) is 0 Å². The lowest BCUT2D eigenvalue weighted by Crippen LogP contribution is -2.15. The number of ether oxygens (including phenoxy) is 1. The zero-order valence-corrected chi connectivity index (χ0v) is 28.3. The molecule has 0 aliphatic heterocycles. The van der Waals surface area contributed by atoms with Crippen molar-refractivity contribution < 1.29 is 4.74 Å². The molecule has 0 unspecified atom stereocenters. The molecule has 47 heavy (non-hydrogen) atoms. The zero-order chi connectivity index (χ0) is 33.0. The fraction of sp³-hybridized carbons (Fsp3) is 0.200. The summed E-state index contributed by atoms with van der Waals surface area (Å²) in [5.41, 5.74) is 10.3. The van der Waals surface area contributed by atoms with Gasteiger partial charge in [0.2, 0.25) is 0 Å². The van der Waals surface area contributed by atoms with E-state index in [1.54, 1.807) is 0 Å². The molecule has 0 amide bonds. The zero-order valence-electron chi connectivity index (χ0n) is 28.3. The molecule has 0 radical (unpaired) electrons. The Morgan fingerprint density at radius 1 is 0.617 bits per heavy atom. The van der Waals surface area contributed by atoms with E-state index in [1.807, 2.05) is 35.1 Å². The minimum absolute atomic E-state index is 0.731. The number of aryl methyl sites for hydroxylation is 4. The van der Waals surface area contributed by atoms with Gasteiger partial charge in [0.05, 0.1) is 22.3 Å². The molecule has 0 aliphatic rings. The molecular formula is C40H40N6O. The van der Waals surface area contributed by atoms with Gasteiger partial charge in [0.1, 0.15) is 23.1 Å². The molecule has 0 N–H and O–H groups in total. The average Bonchev–Trinajstić information content (AvgIpc) is 3.58. The van der Waals surface area contributed by atoms with Crippen LogP contribution >= 0.6 is 0 Å². The van der Waals surface area contributed by atoms with Gasteiger partial charge in [0, 0.05) is 57.3 Å². The lowest BCUT2D eigenvalue weighted by molar-refractivity contribution is 0.483. The molecule has 7 nitrogen and oxygen atoms in total. The van der Waals surface area contributed by atoms with Gasteiger partial charge in [-0.05, 0) is 92.4 Å². The van der Waals surface area contributed by atoms with Crippen molar-refractivity contribution in [3.63, 3.8) is 0 Å². The fourth-order valence-electron chi connectivity index (χ4n) is 6.82. The molecule has 236 valence electrons. The third kappa shape index (κ3) is 5.27. The van der Waals surface area contributed by atoms with Crippen molar-refractivity contribution in [1.82, 2.24) is 19.3 Å². The SMILES string of the molecule is Cc1ccnc(-n2c3ccccc3c3ccc(Oc4cccc(-n5nc(N(C)C)c(-c6c(C)cc(C)cc6C)c5N(C)C)c4)cc32)c1. The summed E-state index contributed by atoms with van der Waals surface area (Å²) in [5, 5.41) is 7.52. The lowest BCUT2D eigenvalue weighted by Gasteiger charge is -2.21. The number of rotatable bonds is 7. The van der Waals surface area contributed by atoms with E-state index >= 15 is 0 Å². The maximum atomic E-state index is 6.58. The number of anilines is 2. The molecule has 0 saturated heterocycles. The number of pyridine rings is 1. The molecule has 0 bridgehead atoms. The van der Waals surface area contributed by atoms with Crippen molar-refractivity contribution in [3.05, 3.63) is 119 Å². The standard InChI is InChI=1S/C40H40N6O/c1-25-18-19-41-36(22-25)45-34-15-10-9-14-32(34)33-17-16-31(24-35(33)45)47-30-13-11-12-29(23-30)46-40(44(7)8)38(39(42-46)43(5)6)37-27(3)20-26(2)21-28(37)4/h9-24H,1-8H3. The molecule has 3 heterocycles. The predicted molar refractivity (Wildman–Crippen MR) is 195 cm³/mol. The summed E-state index contributed by atoms with van der Waals surface area (Å²) in [5.74, 6) is 4.29. The Balaban J connectivity index is 1.34. The van der Waals surface area contributed by atoms with Gasteiger partial charge in [0.25, 0.3) is 0 Å². The normalized spacial score (nSPS) is 11.4. The van der Waals surface area contributed by atoms with E-state index < -0.39 is 0 Å². The molecule has 4 aromatic carbocycles. The van der Waals surface area contributed by atoms with Crippen LogP contribution in [0.4, 0.5) is 11.6 Å². The smallest absolute Gasteiger partial charge is 0.160 e. The van der Waals surface area contributed by atoms with Crippen LogP contribution in [0.2, 0.25) is 0 Å². The Hall–Kier alpha value is -5.56. The predicted octanol–water partition coefficient (Wildman–Crippen LogP) is 9.19. The average molecular weight is 621 g/mol. The highest BCUT2D eigenvalue weighted by atomic mass is 16.5. The highest BCUT2D eigenvalue weighted by molar-refractivity contribution is 6.09. The summed E-state index contributed by atoms with van der Waals surface area (Å²) in [6.07, 6.45) is 1.86. The molecule has 7 rings (SSSR count). The summed E-state index contributed by atoms with van der Waals surface area (Å²) in [6.45, 7) is 8.61. The number of para-hydroxylation sites is 1. The molecule has 0 saturated carbocycles. The second-order valence-corrected chi connectivity index (χ2v) is 12.8. The number of hydrogen-bond acceptors (Lipinski definition) is 5. The first-order chi connectivity index (χ1) is 22.6. The summed E-state index contributed by atoms with van der Waals surface area (Å²) in [7, 11) is 8.26. The van der Waals surface area contributed by atoms with Crippen molar-refractivity contribution in [2.45, 2.75) is 27.7 Å². The number of nitrogens with zero attached hydrogens (tertiary/aromatic N) is 6. The van der Waals surface area contributed by atoms with Crippen LogP contribution in [0.15, 0.2) is 97.2 Å². The van der Waals surface area contributed by atoms with Crippen LogP contribution < -0.4 is 14.5 Å². The quantitative estimate of drug-likeness (QED) is 0.178. The number of hydrogen-bond donors (Lipinski definition) is 0. The van der Waals surface area contributed by atoms with Crippen LogP contribution in [-0.2, 0) is 0 Å². The van der Waals surface area contributed by atoms with Gasteiger partial charge < -0.3 is 14.5 Å². The van der Waals surface area contributed by atoms with Gasteiger partial charge >= 0.3 is 0 Å². The van der Waals surface area contributed by atoms with Gasteiger partial charge in [0.15, 0.2) is 5.82 Å². The Bertz CT molecular complexity index is 2270. The third-order valence-corrected chi connectivity index (χ3v) is 8.69. The van der Waals surface area contributed by atoms with Crippen molar-refractivity contribution in [3.8, 4) is 34.1 Å². The largest absolute Gasteiger partial charge is 0.457 e. The molecule has 0 aliphatic carbocycles. The van der Waals surface area contributed by atoms with Crippen LogP contribution in [0.1, 0.15) is 22.3 Å². The maximum Gasteiger partial charge on any atom is 0.160 e. The lowest BCUT2D eigenvalue weighted by atomic mass is 9.94.